The van der Waals surface area contributed by atoms with Gasteiger partial charge < -0.3 is 5.73 Å². The Morgan fingerprint density at radius 3 is 2.64 bits per heavy atom. The van der Waals surface area contributed by atoms with Crippen molar-refractivity contribution in [3.63, 3.8) is 0 Å². The van der Waals surface area contributed by atoms with E-state index in [0.717, 1.165) is 5.69 Å². The van der Waals surface area contributed by atoms with E-state index in [1.807, 2.05) is 24.9 Å². The van der Waals surface area contributed by atoms with Gasteiger partial charge in [0.05, 0.1) is 5.69 Å². The van der Waals surface area contributed by atoms with Crippen LogP contribution in [0, 0.1) is 12.8 Å². The lowest BCUT2D eigenvalue weighted by molar-refractivity contribution is 0.752. The summed E-state index contributed by atoms with van der Waals surface area (Å²) in [4.78, 5) is 0. The average Bonchev–Trinajstić information content (AvgIpc) is 2.40. The molecule has 0 fully saturated rings. The SMILES string of the molecule is Cc1nn(C)cc1/C=C(\CN)C(C)C. The number of hydrogen-bond donors (Lipinski definition) is 1. The first-order chi connectivity index (χ1) is 6.54. The van der Waals surface area contributed by atoms with Crippen LogP contribution in [0.1, 0.15) is 25.1 Å². The molecule has 1 rings (SSSR count). The third-order valence-electron chi connectivity index (χ3n) is 2.37. The van der Waals surface area contributed by atoms with Crippen molar-refractivity contribution >= 4 is 6.08 Å². The van der Waals surface area contributed by atoms with Crippen molar-refractivity contribution in [3.8, 4) is 0 Å². The summed E-state index contributed by atoms with van der Waals surface area (Å²) in [5, 5.41) is 4.29. The van der Waals surface area contributed by atoms with Crippen LogP contribution in [0.4, 0.5) is 0 Å². The number of aryl methyl sites for hydroxylation is 2. The van der Waals surface area contributed by atoms with Crippen LogP contribution in [-0.2, 0) is 7.05 Å². The molecule has 3 nitrogen and oxygen atoms in total. The minimum atomic E-state index is 0.500. The second kappa shape index (κ2) is 4.42. The van der Waals surface area contributed by atoms with Gasteiger partial charge in [0, 0.05) is 25.4 Å². The summed E-state index contributed by atoms with van der Waals surface area (Å²) >= 11 is 0. The molecule has 0 spiro atoms. The van der Waals surface area contributed by atoms with Gasteiger partial charge in [0.2, 0.25) is 0 Å². The monoisotopic (exact) mass is 193 g/mol. The molecule has 0 saturated carbocycles. The van der Waals surface area contributed by atoms with Crippen molar-refractivity contribution < 1.29 is 0 Å². The topological polar surface area (TPSA) is 43.8 Å². The molecule has 0 atom stereocenters. The van der Waals surface area contributed by atoms with E-state index in [2.05, 4.69) is 25.0 Å². The van der Waals surface area contributed by atoms with Crippen LogP contribution in [0.3, 0.4) is 0 Å². The number of hydrogen-bond acceptors (Lipinski definition) is 2. The van der Waals surface area contributed by atoms with Gasteiger partial charge in [-0.15, -0.1) is 0 Å². The average molecular weight is 193 g/mol. The lowest BCUT2D eigenvalue weighted by Gasteiger charge is -2.07. The van der Waals surface area contributed by atoms with Gasteiger partial charge in [0.1, 0.15) is 0 Å². The summed E-state index contributed by atoms with van der Waals surface area (Å²) in [6, 6.07) is 0. The molecule has 0 aliphatic carbocycles. The molecular formula is C11H19N3. The number of nitrogens with zero attached hydrogens (tertiary/aromatic N) is 2. The molecule has 0 bridgehead atoms. The van der Waals surface area contributed by atoms with Crippen molar-refractivity contribution in [2.75, 3.05) is 6.54 Å². The Balaban J connectivity index is 3.00. The molecular weight excluding hydrogens is 174 g/mol. The molecule has 2 N–H and O–H groups in total. The molecule has 3 heteroatoms. The van der Waals surface area contributed by atoms with Crippen molar-refractivity contribution in [2.45, 2.75) is 20.8 Å². The van der Waals surface area contributed by atoms with Crippen molar-refractivity contribution in [2.24, 2.45) is 18.7 Å². The van der Waals surface area contributed by atoms with Crippen LogP contribution >= 0.6 is 0 Å². The summed E-state index contributed by atoms with van der Waals surface area (Å²) < 4.78 is 1.83. The van der Waals surface area contributed by atoms with E-state index < -0.39 is 0 Å². The Morgan fingerprint density at radius 1 is 1.64 bits per heavy atom. The quantitative estimate of drug-likeness (QED) is 0.794. The molecule has 0 aromatic carbocycles. The first-order valence-electron chi connectivity index (χ1n) is 4.95. The Morgan fingerprint density at radius 2 is 2.29 bits per heavy atom. The molecule has 0 amide bonds. The van der Waals surface area contributed by atoms with Crippen LogP contribution in [0.2, 0.25) is 0 Å². The second-order valence-corrected chi connectivity index (χ2v) is 3.92. The highest BCUT2D eigenvalue weighted by molar-refractivity contribution is 5.54. The summed E-state index contributed by atoms with van der Waals surface area (Å²) in [6.07, 6.45) is 4.17. The molecule has 78 valence electrons. The van der Waals surface area contributed by atoms with E-state index in [1.54, 1.807) is 0 Å². The standard InChI is InChI=1S/C11H19N3/c1-8(2)10(6-12)5-11-7-14(4)13-9(11)3/h5,7-8H,6,12H2,1-4H3/b10-5+. The predicted molar refractivity (Wildman–Crippen MR) is 59.8 cm³/mol. The fraction of sp³-hybridized carbons (Fsp3) is 0.545. The third kappa shape index (κ3) is 2.45. The van der Waals surface area contributed by atoms with Gasteiger partial charge in [-0.2, -0.15) is 5.10 Å². The van der Waals surface area contributed by atoms with Crippen molar-refractivity contribution in [1.82, 2.24) is 9.78 Å². The largest absolute Gasteiger partial charge is 0.327 e. The molecule has 1 aromatic heterocycles. The molecule has 0 radical (unpaired) electrons. The number of rotatable bonds is 3. The van der Waals surface area contributed by atoms with Crippen LogP contribution < -0.4 is 5.73 Å². The van der Waals surface area contributed by atoms with Gasteiger partial charge in [-0.3, -0.25) is 4.68 Å². The van der Waals surface area contributed by atoms with Crippen molar-refractivity contribution in [3.05, 3.63) is 23.0 Å². The van der Waals surface area contributed by atoms with Crippen molar-refractivity contribution in [1.29, 1.82) is 0 Å². The van der Waals surface area contributed by atoms with E-state index in [0.29, 0.717) is 12.5 Å². The van der Waals surface area contributed by atoms with E-state index in [4.69, 9.17) is 5.73 Å². The molecule has 1 heterocycles. The maximum Gasteiger partial charge on any atom is 0.0665 e. The lowest BCUT2D eigenvalue weighted by Crippen LogP contribution is -2.08. The van der Waals surface area contributed by atoms with Gasteiger partial charge in [-0.05, 0) is 12.8 Å². The Labute approximate surface area is 85.6 Å². The maximum atomic E-state index is 5.68. The zero-order valence-electron chi connectivity index (χ0n) is 9.41. The molecule has 1 aromatic rings. The maximum absolute atomic E-state index is 5.68. The molecule has 0 saturated heterocycles. The minimum Gasteiger partial charge on any atom is -0.327 e. The van der Waals surface area contributed by atoms with E-state index >= 15 is 0 Å². The Kier molecular flexibility index (Phi) is 3.47. The van der Waals surface area contributed by atoms with Gasteiger partial charge in [0.15, 0.2) is 0 Å². The van der Waals surface area contributed by atoms with Gasteiger partial charge >= 0.3 is 0 Å². The highest BCUT2D eigenvalue weighted by Crippen LogP contribution is 2.15. The smallest absolute Gasteiger partial charge is 0.0665 e. The Bertz CT molecular complexity index is 334. The van der Waals surface area contributed by atoms with E-state index in [-0.39, 0.29) is 0 Å². The van der Waals surface area contributed by atoms with E-state index in [1.165, 1.54) is 11.1 Å². The fourth-order valence-corrected chi connectivity index (χ4v) is 1.42. The first kappa shape index (κ1) is 11.0. The summed E-state index contributed by atoms with van der Waals surface area (Å²) in [5.41, 5.74) is 9.17. The van der Waals surface area contributed by atoms with Crippen LogP contribution in [0.15, 0.2) is 11.8 Å². The Hall–Kier alpha value is -1.09. The summed E-state index contributed by atoms with van der Waals surface area (Å²) in [5.74, 6) is 0.500. The zero-order valence-corrected chi connectivity index (χ0v) is 9.41. The molecule has 14 heavy (non-hydrogen) atoms. The van der Waals surface area contributed by atoms with Gasteiger partial charge in [-0.25, -0.2) is 0 Å². The van der Waals surface area contributed by atoms with Crippen LogP contribution in [-0.4, -0.2) is 16.3 Å². The summed E-state index contributed by atoms with van der Waals surface area (Å²) in [7, 11) is 1.93. The molecule has 0 aliphatic heterocycles. The predicted octanol–water partition coefficient (Wildman–Crippen LogP) is 1.73. The van der Waals surface area contributed by atoms with Gasteiger partial charge in [-0.1, -0.05) is 25.5 Å². The summed E-state index contributed by atoms with van der Waals surface area (Å²) in [6.45, 7) is 6.95. The molecule has 0 aliphatic rings. The highest BCUT2D eigenvalue weighted by atomic mass is 15.2. The number of aromatic nitrogens is 2. The fourth-order valence-electron chi connectivity index (χ4n) is 1.42. The normalized spacial score (nSPS) is 12.6. The second-order valence-electron chi connectivity index (χ2n) is 3.92. The highest BCUT2D eigenvalue weighted by Gasteiger charge is 2.04. The zero-order chi connectivity index (χ0) is 10.7. The molecule has 0 unspecified atom stereocenters. The van der Waals surface area contributed by atoms with Crippen LogP contribution in [0.5, 0.6) is 0 Å². The minimum absolute atomic E-state index is 0.500. The first-order valence-corrected chi connectivity index (χ1v) is 4.95. The van der Waals surface area contributed by atoms with Gasteiger partial charge in [0.25, 0.3) is 0 Å². The van der Waals surface area contributed by atoms with E-state index in [9.17, 15) is 0 Å². The lowest BCUT2D eigenvalue weighted by atomic mass is 10.0. The number of nitrogens with two attached hydrogens (primary N) is 1. The third-order valence-corrected chi connectivity index (χ3v) is 2.37. The van der Waals surface area contributed by atoms with Crippen LogP contribution in [0.25, 0.3) is 6.08 Å².